The number of hydrogen-bond donors (Lipinski definition) is 1. The van der Waals surface area contributed by atoms with E-state index in [1.807, 2.05) is 0 Å². The smallest absolute Gasteiger partial charge is 0.372 e. The third-order valence-corrected chi connectivity index (χ3v) is 11.7. The van der Waals surface area contributed by atoms with Crippen LogP contribution in [0.2, 0.25) is 0 Å². The van der Waals surface area contributed by atoms with Crippen molar-refractivity contribution in [2.24, 2.45) is 59.2 Å². The molecule has 5 nitrogen and oxygen atoms in total. The maximum absolute atomic E-state index is 10.5. The monoisotopic (exact) mass is 518 g/mol. The number of hydrogen-bond acceptors (Lipinski definition) is 5. The van der Waals surface area contributed by atoms with Crippen molar-refractivity contribution in [3.63, 3.8) is 0 Å². The Bertz CT molecular complexity index is 1050. The van der Waals surface area contributed by atoms with Gasteiger partial charge in [0, 0.05) is 0 Å². The predicted molar refractivity (Wildman–Crippen MR) is 144 cm³/mol. The Morgan fingerprint density at radius 3 is 2.13 bits per heavy atom. The second kappa shape index (κ2) is 10.2. The summed E-state index contributed by atoms with van der Waals surface area (Å²) in [6.45, 7) is 5.04. The van der Waals surface area contributed by atoms with Gasteiger partial charge in [0.25, 0.3) is 0 Å². The van der Waals surface area contributed by atoms with E-state index in [0.29, 0.717) is 23.9 Å². The molecule has 5 saturated carbocycles. The van der Waals surface area contributed by atoms with Crippen LogP contribution in [0.25, 0.3) is 0 Å². The molecule has 2 aliphatic heterocycles. The van der Waals surface area contributed by atoms with Crippen LogP contribution >= 0.6 is 0 Å². The molecule has 13 unspecified atom stereocenters. The summed E-state index contributed by atoms with van der Waals surface area (Å²) in [5.74, 6) is 9.27. The molecule has 1 aromatic rings. The number of carbonyl (C=O) groups is 1. The highest BCUT2D eigenvalue weighted by molar-refractivity contribution is 5.88. The Labute approximate surface area is 226 Å². The zero-order valence-corrected chi connectivity index (χ0v) is 22.3. The van der Waals surface area contributed by atoms with E-state index in [2.05, 4.69) is 29.7 Å². The van der Waals surface area contributed by atoms with Gasteiger partial charge < -0.3 is 9.47 Å². The molecule has 204 valence electrons. The lowest BCUT2D eigenvalue weighted by Crippen LogP contribution is -2.35. The Balaban J connectivity index is 0.0000000981. The van der Waals surface area contributed by atoms with Gasteiger partial charge in [-0.2, -0.15) is 5.26 Å². The van der Waals surface area contributed by atoms with Crippen molar-refractivity contribution in [2.75, 3.05) is 6.61 Å². The number of rotatable bonds is 3. The van der Waals surface area contributed by atoms with Crippen LogP contribution in [-0.4, -0.2) is 36.1 Å². The molecule has 7 fully saturated rings. The van der Waals surface area contributed by atoms with E-state index < -0.39 is 5.97 Å². The fourth-order valence-corrected chi connectivity index (χ4v) is 10.0. The summed E-state index contributed by atoms with van der Waals surface area (Å²) in [6, 6.07) is 8.25. The van der Waals surface area contributed by atoms with Crippen molar-refractivity contribution in [3.8, 4) is 0 Å². The van der Waals surface area contributed by atoms with Crippen LogP contribution in [0.3, 0.4) is 0 Å². The molecule has 2 heterocycles. The van der Waals surface area contributed by atoms with Crippen LogP contribution in [0.4, 0.5) is 0 Å². The molecule has 6 aliphatic carbocycles. The Morgan fingerprint density at radius 1 is 0.789 bits per heavy atom. The predicted octanol–water partition coefficient (Wildman–Crippen LogP) is 6.56. The molecule has 5 heteroatoms. The summed E-state index contributed by atoms with van der Waals surface area (Å²) in [5, 5.41) is 7.94. The van der Waals surface area contributed by atoms with E-state index in [1.165, 1.54) is 51.4 Å². The zero-order valence-electron chi connectivity index (χ0n) is 22.3. The lowest BCUT2D eigenvalue weighted by atomic mass is 9.67. The molecule has 0 aromatic heterocycles. The van der Waals surface area contributed by atoms with E-state index in [4.69, 9.17) is 14.7 Å². The highest BCUT2D eigenvalue weighted by Crippen LogP contribution is 2.64. The molecule has 0 radical (unpaired) electrons. The number of benzene rings is 1. The first kappa shape index (κ1) is 25.0. The molecule has 2 saturated heterocycles. The average Bonchev–Trinajstić information content (AvgIpc) is 3.80. The first-order chi connectivity index (χ1) is 18.6. The molecule has 4 bridgehead atoms. The van der Waals surface area contributed by atoms with E-state index >= 15 is 0 Å². The van der Waals surface area contributed by atoms with E-state index in [9.17, 15) is 4.79 Å². The summed E-state index contributed by atoms with van der Waals surface area (Å²) in [5.41, 5.74) is 0.338. The zero-order chi connectivity index (χ0) is 25.8. The first-order valence-corrected chi connectivity index (χ1v) is 15.1. The fraction of sp³-hybridized carbons (Fsp3) is 0.667. The third kappa shape index (κ3) is 4.59. The molecule has 0 amide bonds. The van der Waals surface area contributed by atoms with E-state index in [-0.39, 0.29) is 0 Å². The number of carbonyl (C=O) groups excluding carboxylic acids is 1. The van der Waals surface area contributed by atoms with Crippen molar-refractivity contribution in [2.45, 2.75) is 69.7 Å². The second-order valence-corrected chi connectivity index (χ2v) is 13.3. The van der Waals surface area contributed by atoms with Crippen LogP contribution in [0.15, 0.2) is 55.1 Å². The summed E-state index contributed by atoms with van der Waals surface area (Å²) in [6.07, 6.45) is 20.5. The highest BCUT2D eigenvalue weighted by Gasteiger charge is 2.62. The number of fused-ring (bicyclic) bond motifs is 11. The maximum Gasteiger partial charge on any atom is 0.372 e. The van der Waals surface area contributed by atoms with Gasteiger partial charge in [-0.25, -0.2) is 4.79 Å². The van der Waals surface area contributed by atoms with Crippen molar-refractivity contribution in [1.82, 2.24) is 0 Å². The quantitative estimate of drug-likeness (QED) is 0.212. The van der Waals surface area contributed by atoms with Gasteiger partial charge in [0.15, 0.2) is 0 Å². The topological polar surface area (TPSA) is 71.6 Å². The molecule has 0 spiro atoms. The summed E-state index contributed by atoms with van der Waals surface area (Å²) in [4.78, 5) is 14.0. The minimum Gasteiger partial charge on any atom is -0.373 e. The minimum atomic E-state index is -0.736. The van der Waals surface area contributed by atoms with Gasteiger partial charge in [0.2, 0.25) is 0 Å². The molecule has 1 N–H and O–H groups in total. The van der Waals surface area contributed by atoms with Crippen LogP contribution in [0.5, 0.6) is 0 Å². The Morgan fingerprint density at radius 2 is 1.42 bits per heavy atom. The maximum atomic E-state index is 10.5. The summed E-state index contributed by atoms with van der Waals surface area (Å²) >= 11 is 0. The van der Waals surface area contributed by atoms with Crippen LogP contribution < -0.4 is 0 Å². The number of epoxide rings is 2. The SMILES string of the molecule is C1OC1C1CC2CC1C1CC3OC3CC21.C=CC1CC2CC1C1CC=CCC21.O=C(OO)c1ccccc1. The fourth-order valence-electron chi connectivity index (χ4n) is 10.0. The lowest BCUT2D eigenvalue weighted by molar-refractivity contribution is -0.182. The van der Waals surface area contributed by atoms with Gasteiger partial charge in [-0.3, -0.25) is 4.89 Å². The number of allylic oxidation sites excluding steroid dienone is 3. The normalized spacial score (nSPS) is 47.3. The second-order valence-electron chi connectivity index (χ2n) is 13.3. The van der Waals surface area contributed by atoms with Gasteiger partial charge >= 0.3 is 5.97 Å². The molecule has 9 rings (SSSR count). The molecular weight excluding hydrogens is 476 g/mol. The van der Waals surface area contributed by atoms with Gasteiger partial charge in [0.05, 0.1) is 30.5 Å². The van der Waals surface area contributed by atoms with Crippen LogP contribution in [-0.2, 0) is 14.4 Å². The number of ether oxygens (including phenoxy) is 2. The lowest BCUT2D eigenvalue weighted by Gasteiger charge is -2.37. The molecule has 13 atom stereocenters. The first-order valence-electron chi connectivity index (χ1n) is 15.1. The van der Waals surface area contributed by atoms with Crippen molar-refractivity contribution >= 4 is 5.97 Å². The Hall–Kier alpha value is -1.95. The summed E-state index contributed by atoms with van der Waals surface area (Å²) in [7, 11) is 0. The highest BCUT2D eigenvalue weighted by atomic mass is 17.1. The Kier molecular flexibility index (Phi) is 6.74. The van der Waals surface area contributed by atoms with Crippen molar-refractivity contribution in [1.29, 1.82) is 0 Å². The van der Waals surface area contributed by atoms with Crippen LogP contribution in [0, 0.1) is 59.2 Å². The van der Waals surface area contributed by atoms with Gasteiger partial charge in [-0.15, -0.1) is 6.58 Å². The molecule has 1 aromatic carbocycles. The molecular formula is C33H42O5. The van der Waals surface area contributed by atoms with E-state index in [1.54, 1.807) is 30.3 Å². The van der Waals surface area contributed by atoms with Crippen molar-refractivity contribution < 1.29 is 24.4 Å². The largest absolute Gasteiger partial charge is 0.373 e. The average molecular weight is 519 g/mol. The standard InChI is InChI=1S/C13H18O2.C13H18.C7H6O3/c1-6-2-10(13-5-14-13)8(1)9-4-12-11(15-12)3-7(6)9;1-2-9-7-10-8-13(9)12-6-4-3-5-11(10)12;8-7(10-9)6-4-2-1-3-5-6/h6-13H,1-5H2;2-4,9-13H,1,5-8H2;1-5,9H. The minimum absolute atomic E-state index is 0.338. The molecule has 8 aliphatic rings. The van der Waals surface area contributed by atoms with Gasteiger partial charge in [-0.1, -0.05) is 36.4 Å². The summed E-state index contributed by atoms with van der Waals surface area (Å²) < 4.78 is 11.2. The molecule has 38 heavy (non-hydrogen) atoms. The van der Waals surface area contributed by atoms with Gasteiger partial charge in [0.1, 0.15) is 0 Å². The third-order valence-electron chi connectivity index (χ3n) is 11.7. The van der Waals surface area contributed by atoms with Gasteiger partial charge in [-0.05, 0) is 123 Å². The van der Waals surface area contributed by atoms with Crippen molar-refractivity contribution in [3.05, 3.63) is 60.7 Å². The van der Waals surface area contributed by atoms with Crippen LogP contribution in [0.1, 0.15) is 61.7 Å². The van der Waals surface area contributed by atoms with E-state index in [0.717, 1.165) is 65.8 Å².